The minimum atomic E-state index is 0.564. The molecule has 0 spiro atoms. The summed E-state index contributed by atoms with van der Waals surface area (Å²) in [5.74, 6) is 0. The van der Waals surface area contributed by atoms with E-state index < -0.39 is 0 Å². The van der Waals surface area contributed by atoms with Gasteiger partial charge in [0.2, 0.25) is 0 Å². The van der Waals surface area contributed by atoms with Crippen LogP contribution in [0.25, 0.3) is 10.6 Å². The van der Waals surface area contributed by atoms with Crippen molar-refractivity contribution in [1.29, 1.82) is 0 Å². The minimum Gasteiger partial charge on any atom is -0.326 e. The summed E-state index contributed by atoms with van der Waals surface area (Å²) in [4.78, 5) is 4.45. The second-order valence-corrected chi connectivity index (χ2v) is 4.01. The molecule has 0 saturated carbocycles. The van der Waals surface area contributed by atoms with E-state index in [1.165, 1.54) is 0 Å². The van der Waals surface area contributed by atoms with Crippen LogP contribution in [0.15, 0.2) is 29.6 Å². The number of rotatable bonds is 2. The number of aromatic nitrogens is 1. The summed E-state index contributed by atoms with van der Waals surface area (Å²) in [6.07, 6.45) is 0. The molecule has 0 amide bonds. The highest BCUT2D eigenvalue weighted by Gasteiger charge is 2.05. The summed E-state index contributed by atoms with van der Waals surface area (Å²) < 4.78 is 0. The van der Waals surface area contributed by atoms with Gasteiger partial charge in [0.15, 0.2) is 0 Å². The normalized spacial score (nSPS) is 10.4. The zero-order valence-corrected chi connectivity index (χ0v) is 8.84. The van der Waals surface area contributed by atoms with Gasteiger partial charge in [-0.25, -0.2) is 4.98 Å². The van der Waals surface area contributed by atoms with Crippen LogP contribution in [0.4, 0.5) is 0 Å². The van der Waals surface area contributed by atoms with Crippen molar-refractivity contribution < 1.29 is 0 Å². The molecule has 0 aliphatic rings. The van der Waals surface area contributed by atoms with E-state index >= 15 is 0 Å². The third-order valence-corrected chi connectivity index (χ3v) is 3.08. The lowest BCUT2D eigenvalue weighted by molar-refractivity contribution is 1.07. The van der Waals surface area contributed by atoms with Gasteiger partial charge in [0.1, 0.15) is 5.01 Å². The lowest BCUT2D eigenvalue weighted by Gasteiger charge is -2.03. The number of benzene rings is 1. The summed E-state index contributed by atoms with van der Waals surface area (Å²) in [7, 11) is 0. The molecule has 3 heteroatoms. The molecular formula is C11H12N2S. The first-order valence-electron chi connectivity index (χ1n) is 4.51. The molecule has 2 rings (SSSR count). The van der Waals surface area contributed by atoms with Crippen LogP contribution in [-0.4, -0.2) is 4.98 Å². The van der Waals surface area contributed by atoms with Crippen molar-refractivity contribution in [1.82, 2.24) is 4.98 Å². The van der Waals surface area contributed by atoms with Crippen molar-refractivity contribution in [2.75, 3.05) is 0 Å². The SMILES string of the molecule is Cc1csc(-c2ccccc2CN)n1. The maximum absolute atomic E-state index is 5.67. The van der Waals surface area contributed by atoms with E-state index in [-0.39, 0.29) is 0 Å². The first-order chi connectivity index (χ1) is 6.81. The van der Waals surface area contributed by atoms with Crippen LogP contribution in [0.3, 0.4) is 0 Å². The molecule has 1 heterocycles. The largest absolute Gasteiger partial charge is 0.326 e. The second kappa shape index (κ2) is 3.90. The van der Waals surface area contributed by atoms with E-state index in [4.69, 9.17) is 5.73 Å². The number of thiazole rings is 1. The summed E-state index contributed by atoms with van der Waals surface area (Å²) in [6, 6.07) is 8.14. The van der Waals surface area contributed by atoms with Crippen LogP contribution in [-0.2, 0) is 6.54 Å². The predicted molar refractivity (Wildman–Crippen MR) is 60.2 cm³/mol. The van der Waals surface area contributed by atoms with Crippen LogP contribution in [0, 0.1) is 6.92 Å². The van der Waals surface area contributed by atoms with E-state index in [1.807, 2.05) is 25.1 Å². The van der Waals surface area contributed by atoms with Crippen molar-refractivity contribution in [3.05, 3.63) is 40.9 Å². The van der Waals surface area contributed by atoms with Gasteiger partial charge in [-0.05, 0) is 12.5 Å². The van der Waals surface area contributed by atoms with Crippen LogP contribution in [0.1, 0.15) is 11.3 Å². The highest BCUT2D eigenvalue weighted by Crippen LogP contribution is 2.26. The molecule has 0 atom stereocenters. The third kappa shape index (κ3) is 1.69. The minimum absolute atomic E-state index is 0.564. The third-order valence-electron chi connectivity index (χ3n) is 2.09. The Balaban J connectivity index is 2.50. The van der Waals surface area contributed by atoms with Gasteiger partial charge < -0.3 is 5.73 Å². The van der Waals surface area contributed by atoms with Gasteiger partial charge in [-0.15, -0.1) is 11.3 Å². The van der Waals surface area contributed by atoms with Gasteiger partial charge in [-0.2, -0.15) is 0 Å². The van der Waals surface area contributed by atoms with Crippen LogP contribution >= 0.6 is 11.3 Å². The van der Waals surface area contributed by atoms with Crippen molar-refractivity contribution in [2.45, 2.75) is 13.5 Å². The molecule has 1 aromatic carbocycles. The Hall–Kier alpha value is -1.19. The number of hydrogen-bond donors (Lipinski definition) is 1. The molecule has 0 aliphatic carbocycles. The van der Waals surface area contributed by atoms with E-state index in [1.54, 1.807) is 11.3 Å². The summed E-state index contributed by atoms with van der Waals surface area (Å²) in [5, 5.41) is 3.12. The van der Waals surface area contributed by atoms with Crippen LogP contribution < -0.4 is 5.73 Å². The fraction of sp³-hybridized carbons (Fsp3) is 0.182. The molecular weight excluding hydrogens is 192 g/mol. The predicted octanol–water partition coefficient (Wildman–Crippen LogP) is 2.58. The molecule has 0 radical (unpaired) electrons. The average Bonchev–Trinajstić information content (AvgIpc) is 2.65. The van der Waals surface area contributed by atoms with E-state index in [2.05, 4.69) is 16.4 Å². The van der Waals surface area contributed by atoms with E-state index in [0.29, 0.717) is 6.54 Å². The first kappa shape index (κ1) is 9.37. The second-order valence-electron chi connectivity index (χ2n) is 3.16. The molecule has 14 heavy (non-hydrogen) atoms. The maximum atomic E-state index is 5.67. The molecule has 1 aromatic heterocycles. The molecule has 0 fully saturated rings. The van der Waals surface area contributed by atoms with Crippen molar-refractivity contribution in [3.8, 4) is 10.6 Å². The van der Waals surface area contributed by atoms with Crippen LogP contribution in [0.2, 0.25) is 0 Å². The van der Waals surface area contributed by atoms with Gasteiger partial charge in [-0.3, -0.25) is 0 Å². The molecule has 2 N–H and O–H groups in total. The summed E-state index contributed by atoms with van der Waals surface area (Å²) >= 11 is 1.67. The van der Waals surface area contributed by atoms with Gasteiger partial charge in [-0.1, -0.05) is 24.3 Å². The molecule has 2 aromatic rings. The number of nitrogens with two attached hydrogens (primary N) is 1. The monoisotopic (exact) mass is 204 g/mol. The highest BCUT2D eigenvalue weighted by atomic mass is 32.1. The first-order valence-corrected chi connectivity index (χ1v) is 5.39. The smallest absolute Gasteiger partial charge is 0.123 e. The zero-order chi connectivity index (χ0) is 9.97. The lowest BCUT2D eigenvalue weighted by Crippen LogP contribution is -1.98. The fourth-order valence-corrected chi connectivity index (χ4v) is 2.24. The van der Waals surface area contributed by atoms with E-state index in [0.717, 1.165) is 21.8 Å². The Morgan fingerprint density at radius 1 is 1.36 bits per heavy atom. The number of hydrogen-bond acceptors (Lipinski definition) is 3. The van der Waals surface area contributed by atoms with Gasteiger partial charge in [0.05, 0.1) is 0 Å². The highest BCUT2D eigenvalue weighted by molar-refractivity contribution is 7.13. The maximum Gasteiger partial charge on any atom is 0.123 e. The van der Waals surface area contributed by atoms with Crippen molar-refractivity contribution in [3.63, 3.8) is 0 Å². The number of aryl methyl sites for hydroxylation is 1. The standard InChI is InChI=1S/C11H12N2S/c1-8-7-14-11(13-8)10-5-3-2-4-9(10)6-12/h2-5,7H,6,12H2,1H3. The Morgan fingerprint density at radius 2 is 2.14 bits per heavy atom. The summed E-state index contributed by atoms with van der Waals surface area (Å²) in [5.41, 5.74) is 9.05. The number of nitrogens with zero attached hydrogens (tertiary/aromatic N) is 1. The molecule has 72 valence electrons. The lowest BCUT2D eigenvalue weighted by atomic mass is 10.1. The average molecular weight is 204 g/mol. The summed E-state index contributed by atoms with van der Waals surface area (Å²) in [6.45, 7) is 2.57. The van der Waals surface area contributed by atoms with Crippen LogP contribution in [0.5, 0.6) is 0 Å². The molecule has 0 unspecified atom stereocenters. The quantitative estimate of drug-likeness (QED) is 0.816. The Bertz CT molecular complexity index is 434. The van der Waals surface area contributed by atoms with Crippen molar-refractivity contribution >= 4 is 11.3 Å². The molecule has 0 aliphatic heterocycles. The molecule has 0 saturated heterocycles. The Kier molecular flexibility index (Phi) is 2.61. The Morgan fingerprint density at radius 3 is 2.79 bits per heavy atom. The van der Waals surface area contributed by atoms with Gasteiger partial charge >= 0.3 is 0 Å². The topological polar surface area (TPSA) is 38.9 Å². The fourth-order valence-electron chi connectivity index (χ4n) is 1.38. The van der Waals surface area contributed by atoms with E-state index in [9.17, 15) is 0 Å². The molecule has 2 nitrogen and oxygen atoms in total. The Labute approximate surface area is 87.4 Å². The van der Waals surface area contributed by atoms with Gasteiger partial charge in [0, 0.05) is 23.2 Å². The van der Waals surface area contributed by atoms with Gasteiger partial charge in [0.25, 0.3) is 0 Å². The zero-order valence-electron chi connectivity index (χ0n) is 8.03. The molecule has 0 bridgehead atoms. The van der Waals surface area contributed by atoms with Crippen molar-refractivity contribution in [2.24, 2.45) is 5.73 Å².